The van der Waals surface area contributed by atoms with E-state index in [4.69, 9.17) is 4.74 Å². The lowest BCUT2D eigenvalue weighted by Crippen LogP contribution is -2.14. The van der Waals surface area contributed by atoms with Crippen LogP contribution >= 0.6 is 11.8 Å². The molecule has 0 saturated carbocycles. The molecule has 0 spiro atoms. The number of amides is 1. The number of carbonyl (C=O) groups excluding carboxylic acids is 1. The van der Waals surface area contributed by atoms with Gasteiger partial charge in [-0.25, -0.2) is 4.68 Å². The minimum absolute atomic E-state index is 0.0925. The van der Waals surface area contributed by atoms with Crippen LogP contribution in [-0.2, 0) is 17.6 Å². The number of thioether (sulfide) groups is 1. The number of aromatic nitrogens is 4. The maximum atomic E-state index is 12.2. The summed E-state index contributed by atoms with van der Waals surface area (Å²) in [6.45, 7) is 0. The molecule has 0 unspecified atom stereocenters. The van der Waals surface area contributed by atoms with E-state index in [0.29, 0.717) is 17.3 Å². The Morgan fingerprint density at radius 3 is 2.83 bits per heavy atom. The first-order chi connectivity index (χ1) is 14.0. The van der Waals surface area contributed by atoms with Crippen LogP contribution in [0.15, 0.2) is 42.5 Å². The Kier molecular flexibility index (Phi) is 6.39. The number of tetrazole rings is 1. The van der Waals surface area contributed by atoms with Crippen LogP contribution in [0, 0.1) is 10.1 Å². The summed E-state index contributed by atoms with van der Waals surface area (Å²) < 4.78 is 6.53. The second-order valence-electron chi connectivity index (χ2n) is 6.01. The van der Waals surface area contributed by atoms with E-state index in [0.717, 1.165) is 11.1 Å². The molecule has 0 bridgehead atoms. The number of rotatable bonds is 8. The molecule has 10 nitrogen and oxygen atoms in total. The summed E-state index contributed by atoms with van der Waals surface area (Å²) in [5.74, 6) is 1.29. The highest BCUT2D eigenvalue weighted by atomic mass is 32.2. The number of nitrogens with zero attached hydrogens (tertiary/aromatic N) is 5. The maximum absolute atomic E-state index is 12.2. The van der Waals surface area contributed by atoms with E-state index in [1.165, 1.54) is 24.9 Å². The third kappa shape index (κ3) is 5.08. The molecule has 0 radical (unpaired) electrons. The Hall–Kier alpha value is -3.47. The lowest BCUT2D eigenvalue weighted by molar-refractivity contribution is -0.385. The van der Waals surface area contributed by atoms with Gasteiger partial charge in [-0.1, -0.05) is 18.2 Å². The van der Waals surface area contributed by atoms with Crippen molar-refractivity contribution in [3.63, 3.8) is 0 Å². The number of carbonyl (C=O) groups is 1. The second kappa shape index (κ2) is 9.15. The molecule has 0 saturated heterocycles. The van der Waals surface area contributed by atoms with Crippen molar-refractivity contribution in [2.45, 2.75) is 5.75 Å². The number of methoxy groups -OCH3 is 1. The normalized spacial score (nSPS) is 10.6. The number of hydrogen-bond donors (Lipinski definition) is 1. The smallest absolute Gasteiger partial charge is 0.311 e. The summed E-state index contributed by atoms with van der Waals surface area (Å²) in [4.78, 5) is 22.8. The average Bonchev–Trinajstić information content (AvgIpc) is 3.14. The highest BCUT2D eigenvalue weighted by molar-refractivity contribution is 7.99. The number of nitro groups is 1. The van der Waals surface area contributed by atoms with Crippen molar-refractivity contribution in [1.82, 2.24) is 20.2 Å². The van der Waals surface area contributed by atoms with Gasteiger partial charge in [0.1, 0.15) is 0 Å². The number of anilines is 1. The van der Waals surface area contributed by atoms with Gasteiger partial charge >= 0.3 is 5.69 Å². The van der Waals surface area contributed by atoms with Crippen LogP contribution in [-0.4, -0.2) is 43.9 Å². The van der Waals surface area contributed by atoms with Gasteiger partial charge in [-0.05, 0) is 34.2 Å². The van der Waals surface area contributed by atoms with Gasteiger partial charge in [-0.3, -0.25) is 14.9 Å². The summed E-state index contributed by atoms with van der Waals surface area (Å²) >= 11 is 1.36. The van der Waals surface area contributed by atoms with E-state index >= 15 is 0 Å². The van der Waals surface area contributed by atoms with Gasteiger partial charge in [0, 0.05) is 30.1 Å². The SMILES string of the molecule is COc1ccc(CSCC(=O)Nc2cccc(-c3nnnn3C)c2)cc1[N+](=O)[O-]. The van der Waals surface area contributed by atoms with Crippen LogP contribution in [0.1, 0.15) is 5.56 Å². The summed E-state index contributed by atoms with van der Waals surface area (Å²) in [6, 6.07) is 12.0. The highest BCUT2D eigenvalue weighted by Crippen LogP contribution is 2.29. The quantitative estimate of drug-likeness (QED) is 0.440. The minimum atomic E-state index is -0.487. The van der Waals surface area contributed by atoms with Gasteiger partial charge < -0.3 is 10.1 Å². The fourth-order valence-electron chi connectivity index (χ4n) is 2.64. The van der Waals surface area contributed by atoms with Crippen molar-refractivity contribution in [2.75, 3.05) is 18.2 Å². The van der Waals surface area contributed by atoms with E-state index < -0.39 is 4.92 Å². The number of nitrogens with one attached hydrogen (secondary N) is 1. The largest absolute Gasteiger partial charge is 0.490 e. The summed E-state index contributed by atoms with van der Waals surface area (Å²) in [7, 11) is 3.12. The van der Waals surface area contributed by atoms with E-state index in [-0.39, 0.29) is 23.1 Å². The minimum Gasteiger partial charge on any atom is -0.490 e. The zero-order chi connectivity index (χ0) is 20.8. The van der Waals surface area contributed by atoms with Crippen LogP contribution in [0.5, 0.6) is 5.75 Å². The van der Waals surface area contributed by atoms with E-state index in [2.05, 4.69) is 20.8 Å². The standard InChI is InChI=1S/C18H18N6O4S/c1-23-18(20-21-22-23)13-4-3-5-14(9-13)19-17(25)11-29-10-12-6-7-16(28-2)15(8-12)24(26)27/h3-9H,10-11H2,1-2H3,(H,19,25). The highest BCUT2D eigenvalue weighted by Gasteiger charge is 2.15. The predicted octanol–water partition coefficient (Wildman–Crippen LogP) is 2.67. The van der Waals surface area contributed by atoms with E-state index in [1.54, 1.807) is 36.0 Å². The van der Waals surface area contributed by atoms with Crippen molar-refractivity contribution >= 4 is 29.0 Å². The first-order valence-electron chi connectivity index (χ1n) is 8.49. The molecule has 3 rings (SSSR count). The monoisotopic (exact) mass is 414 g/mol. The first kappa shape index (κ1) is 20.3. The average molecular weight is 414 g/mol. The lowest BCUT2D eigenvalue weighted by Gasteiger charge is -2.08. The maximum Gasteiger partial charge on any atom is 0.311 e. The Morgan fingerprint density at radius 2 is 2.14 bits per heavy atom. The predicted molar refractivity (Wildman–Crippen MR) is 109 cm³/mol. The van der Waals surface area contributed by atoms with Gasteiger partial charge in [-0.15, -0.1) is 16.9 Å². The third-order valence-corrected chi connectivity index (χ3v) is 4.97. The van der Waals surface area contributed by atoms with Gasteiger partial charge in [0.2, 0.25) is 5.91 Å². The van der Waals surface area contributed by atoms with E-state index in [1.807, 2.05) is 12.1 Å². The van der Waals surface area contributed by atoms with E-state index in [9.17, 15) is 14.9 Å². The molecule has 0 aliphatic carbocycles. The zero-order valence-corrected chi connectivity index (χ0v) is 16.5. The van der Waals surface area contributed by atoms with Crippen molar-refractivity contribution < 1.29 is 14.5 Å². The Balaban J connectivity index is 1.56. The van der Waals surface area contributed by atoms with Crippen molar-refractivity contribution in [3.8, 4) is 17.1 Å². The molecular formula is C18H18N6O4S. The first-order valence-corrected chi connectivity index (χ1v) is 9.65. The fourth-order valence-corrected chi connectivity index (χ4v) is 3.41. The Labute approximate surface area is 170 Å². The molecule has 1 aromatic heterocycles. The fraction of sp³-hybridized carbons (Fsp3) is 0.222. The molecular weight excluding hydrogens is 396 g/mol. The topological polar surface area (TPSA) is 125 Å². The van der Waals surface area contributed by atoms with Gasteiger partial charge in [0.15, 0.2) is 11.6 Å². The molecule has 150 valence electrons. The Bertz CT molecular complexity index is 1040. The second-order valence-corrected chi connectivity index (χ2v) is 7.00. The molecule has 2 aromatic carbocycles. The number of nitro benzene ring substituents is 1. The molecule has 1 N–H and O–H groups in total. The Morgan fingerprint density at radius 1 is 1.31 bits per heavy atom. The molecule has 29 heavy (non-hydrogen) atoms. The molecule has 1 amide bonds. The molecule has 0 aliphatic rings. The molecule has 0 aliphatic heterocycles. The molecule has 3 aromatic rings. The zero-order valence-electron chi connectivity index (χ0n) is 15.7. The summed E-state index contributed by atoms with van der Waals surface area (Å²) in [5.41, 5.74) is 2.07. The number of hydrogen-bond acceptors (Lipinski definition) is 8. The molecule has 0 atom stereocenters. The van der Waals surface area contributed by atoms with Crippen LogP contribution in [0.2, 0.25) is 0 Å². The van der Waals surface area contributed by atoms with Gasteiger partial charge in [0.25, 0.3) is 0 Å². The summed E-state index contributed by atoms with van der Waals surface area (Å²) in [5, 5.41) is 25.3. The van der Waals surface area contributed by atoms with Gasteiger partial charge in [0.05, 0.1) is 17.8 Å². The van der Waals surface area contributed by atoms with Crippen LogP contribution in [0.4, 0.5) is 11.4 Å². The molecule has 11 heteroatoms. The van der Waals surface area contributed by atoms with Crippen LogP contribution < -0.4 is 10.1 Å². The molecule has 0 fully saturated rings. The number of aryl methyl sites for hydroxylation is 1. The lowest BCUT2D eigenvalue weighted by atomic mass is 10.2. The van der Waals surface area contributed by atoms with Crippen molar-refractivity contribution in [1.29, 1.82) is 0 Å². The van der Waals surface area contributed by atoms with Crippen molar-refractivity contribution in [3.05, 3.63) is 58.1 Å². The third-order valence-electron chi connectivity index (χ3n) is 3.97. The van der Waals surface area contributed by atoms with Crippen LogP contribution in [0.3, 0.4) is 0 Å². The van der Waals surface area contributed by atoms with Gasteiger partial charge in [-0.2, -0.15) is 0 Å². The summed E-state index contributed by atoms with van der Waals surface area (Å²) in [6.07, 6.45) is 0. The van der Waals surface area contributed by atoms with Crippen molar-refractivity contribution in [2.24, 2.45) is 7.05 Å². The number of benzene rings is 2. The van der Waals surface area contributed by atoms with Crippen LogP contribution in [0.25, 0.3) is 11.4 Å². The molecule has 1 heterocycles. The number of ether oxygens (including phenoxy) is 1.